The van der Waals surface area contributed by atoms with Crippen molar-refractivity contribution in [3.63, 3.8) is 0 Å². The summed E-state index contributed by atoms with van der Waals surface area (Å²) in [7, 11) is 0. The molecule has 8 nitrogen and oxygen atoms in total. The number of hydrogen-bond acceptors (Lipinski definition) is 8. The molecule has 134 valence electrons. The number of carbonyl (C=O) groups excluding carboxylic acids is 1. The molecular weight excluding hydrogens is 356 g/mol. The van der Waals surface area contributed by atoms with Gasteiger partial charge in [0, 0.05) is 18.0 Å². The highest BCUT2D eigenvalue weighted by Gasteiger charge is 2.33. The number of aromatic nitrogens is 1. The van der Waals surface area contributed by atoms with Crippen molar-refractivity contribution in [2.45, 2.75) is 25.8 Å². The summed E-state index contributed by atoms with van der Waals surface area (Å²) in [6.45, 7) is 2.65. The van der Waals surface area contributed by atoms with Gasteiger partial charge < -0.3 is 9.64 Å². The lowest BCUT2D eigenvalue weighted by Gasteiger charge is -2.25. The Kier molecular flexibility index (Phi) is 5.14. The van der Waals surface area contributed by atoms with Gasteiger partial charge in [-0.15, -0.1) is 11.3 Å². The summed E-state index contributed by atoms with van der Waals surface area (Å²) >= 11 is 1.35. The molecular formula is C17H16N4O4S. The number of nitrogens with zero attached hydrogens (tertiary/aromatic N) is 4. The second-order valence-electron chi connectivity index (χ2n) is 5.72. The van der Waals surface area contributed by atoms with E-state index in [1.165, 1.54) is 17.4 Å². The van der Waals surface area contributed by atoms with Crippen molar-refractivity contribution in [3.05, 3.63) is 50.0 Å². The first-order chi connectivity index (χ1) is 12.5. The van der Waals surface area contributed by atoms with E-state index in [0.717, 1.165) is 17.8 Å². The van der Waals surface area contributed by atoms with Gasteiger partial charge in [-0.25, -0.2) is 9.78 Å². The highest BCUT2D eigenvalue weighted by atomic mass is 32.1. The minimum absolute atomic E-state index is 0.0990. The number of esters is 1. The number of nitriles is 1. The Balaban J connectivity index is 1.93. The van der Waals surface area contributed by atoms with Crippen molar-refractivity contribution in [1.29, 1.82) is 5.26 Å². The van der Waals surface area contributed by atoms with Crippen LogP contribution in [0, 0.1) is 21.4 Å². The largest absolute Gasteiger partial charge is 0.461 e. The SMILES string of the molecule is CCOC(=O)c1csc(C2CCCN2c2ccc(C#N)cc2[N+](=O)[O-])n1. The molecule has 3 rings (SSSR count). The minimum atomic E-state index is -0.475. The van der Waals surface area contributed by atoms with Gasteiger partial charge in [-0.2, -0.15) is 5.26 Å². The Morgan fingerprint density at radius 3 is 3.08 bits per heavy atom. The number of nitro groups is 1. The van der Waals surface area contributed by atoms with Gasteiger partial charge in [-0.3, -0.25) is 10.1 Å². The van der Waals surface area contributed by atoms with Crippen LogP contribution >= 0.6 is 11.3 Å². The van der Waals surface area contributed by atoms with Crippen LogP contribution in [-0.2, 0) is 4.74 Å². The molecule has 1 aliphatic rings. The van der Waals surface area contributed by atoms with E-state index in [9.17, 15) is 14.9 Å². The van der Waals surface area contributed by atoms with E-state index in [4.69, 9.17) is 10.00 Å². The van der Waals surface area contributed by atoms with Crippen LogP contribution in [0.25, 0.3) is 0 Å². The maximum atomic E-state index is 11.8. The van der Waals surface area contributed by atoms with E-state index in [1.54, 1.807) is 24.4 Å². The van der Waals surface area contributed by atoms with Gasteiger partial charge in [0.05, 0.1) is 29.2 Å². The quantitative estimate of drug-likeness (QED) is 0.449. The van der Waals surface area contributed by atoms with Crippen LogP contribution in [0.3, 0.4) is 0 Å². The molecule has 0 saturated carbocycles. The summed E-state index contributed by atoms with van der Waals surface area (Å²) in [5.74, 6) is -0.469. The maximum absolute atomic E-state index is 11.8. The second-order valence-corrected chi connectivity index (χ2v) is 6.60. The first kappa shape index (κ1) is 17.8. The lowest BCUT2D eigenvalue weighted by atomic mass is 10.1. The molecule has 1 aliphatic heterocycles. The normalized spacial score (nSPS) is 16.3. The summed E-state index contributed by atoms with van der Waals surface area (Å²) in [6.07, 6.45) is 1.64. The van der Waals surface area contributed by atoms with Crippen molar-refractivity contribution in [3.8, 4) is 6.07 Å². The third kappa shape index (κ3) is 3.36. The van der Waals surface area contributed by atoms with Crippen LogP contribution in [0.15, 0.2) is 23.6 Å². The average Bonchev–Trinajstić information content (AvgIpc) is 3.30. The summed E-state index contributed by atoms with van der Waals surface area (Å²) in [5.41, 5.74) is 0.866. The van der Waals surface area contributed by atoms with Crippen LogP contribution in [0.5, 0.6) is 0 Å². The Hall–Kier alpha value is -2.99. The summed E-state index contributed by atoms with van der Waals surface area (Å²) < 4.78 is 4.96. The topological polar surface area (TPSA) is 109 Å². The van der Waals surface area contributed by atoms with Crippen molar-refractivity contribution in [2.24, 2.45) is 0 Å². The summed E-state index contributed by atoms with van der Waals surface area (Å²) in [6, 6.07) is 6.25. The van der Waals surface area contributed by atoms with Crippen LogP contribution in [0.2, 0.25) is 0 Å². The predicted octanol–water partition coefficient (Wildman–Crippen LogP) is 3.44. The fraction of sp³-hybridized carbons (Fsp3) is 0.353. The summed E-state index contributed by atoms with van der Waals surface area (Å²) in [5, 5.41) is 22.8. The molecule has 1 aromatic carbocycles. The fourth-order valence-corrected chi connectivity index (χ4v) is 3.97. The highest BCUT2D eigenvalue weighted by Crippen LogP contribution is 2.41. The van der Waals surface area contributed by atoms with Gasteiger partial charge in [0.1, 0.15) is 10.7 Å². The molecule has 0 spiro atoms. The van der Waals surface area contributed by atoms with Gasteiger partial charge >= 0.3 is 5.97 Å². The van der Waals surface area contributed by atoms with Crippen LogP contribution in [0.1, 0.15) is 46.9 Å². The highest BCUT2D eigenvalue weighted by molar-refractivity contribution is 7.10. The average molecular weight is 372 g/mol. The van der Waals surface area contributed by atoms with E-state index in [1.807, 2.05) is 11.0 Å². The molecule has 0 bridgehead atoms. The second kappa shape index (κ2) is 7.49. The zero-order valence-electron chi connectivity index (χ0n) is 14.0. The first-order valence-corrected chi connectivity index (χ1v) is 9.00. The van der Waals surface area contributed by atoms with Crippen LogP contribution in [0.4, 0.5) is 11.4 Å². The number of hydrogen-bond donors (Lipinski definition) is 0. The zero-order chi connectivity index (χ0) is 18.7. The van der Waals surface area contributed by atoms with Gasteiger partial charge in [0.15, 0.2) is 5.69 Å². The molecule has 2 aromatic rings. The van der Waals surface area contributed by atoms with Gasteiger partial charge in [0.25, 0.3) is 5.69 Å². The number of anilines is 1. The molecule has 1 atom stereocenters. The maximum Gasteiger partial charge on any atom is 0.357 e. The van der Waals surface area contributed by atoms with Gasteiger partial charge in [-0.05, 0) is 31.9 Å². The number of rotatable bonds is 5. The van der Waals surface area contributed by atoms with Crippen LogP contribution < -0.4 is 4.90 Å². The molecule has 1 saturated heterocycles. The number of benzene rings is 1. The van der Waals surface area contributed by atoms with Crippen LogP contribution in [-0.4, -0.2) is 29.0 Å². The van der Waals surface area contributed by atoms with Crippen molar-refractivity contribution in [1.82, 2.24) is 4.98 Å². The molecule has 0 amide bonds. The molecule has 0 N–H and O–H groups in total. The number of ether oxygens (including phenoxy) is 1. The van der Waals surface area contributed by atoms with Gasteiger partial charge in [0.2, 0.25) is 0 Å². The molecule has 0 aliphatic carbocycles. The molecule has 2 heterocycles. The Labute approximate surface area is 153 Å². The van der Waals surface area contributed by atoms with Crippen molar-refractivity contribution < 1.29 is 14.5 Å². The van der Waals surface area contributed by atoms with E-state index in [-0.39, 0.29) is 29.6 Å². The Bertz CT molecular complexity index is 889. The first-order valence-electron chi connectivity index (χ1n) is 8.13. The molecule has 26 heavy (non-hydrogen) atoms. The van der Waals surface area contributed by atoms with E-state index in [0.29, 0.717) is 12.2 Å². The third-order valence-corrected chi connectivity index (χ3v) is 5.10. The lowest BCUT2D eigenvalue weighted by molar-refractivity contribution is -0.384. The monoisotopic (exact) mass is 372 g/mol. The number of nitro benzene ring substituents is 1. The smallest absolute Gasteiger partial charge is 0.357 e. The molecule has 9 heteroatoms. The predicted molar refractivity (Wildman–Crippen MR) is 95.2 cm³/mol. The van der Waals surface area contributed by atoms with Gasteiger partial charge in [-0.1, -0.05) is 0 Å². The fourth-order valence-electron chi connectivity index (χ4n) is 3.03. The third-order valence-electron chi connectivity index (χ3n) is 4.16. The molecule has 1 unspecified atom stereocenters. The Morgan fingerprint density at radius 1 is 1.58 bits per heavy atom. The lowest BCUT2D eigenvalue weighted by Crippen LogP contribution is -2.23. The van der Waals surface area contributed by atoms with E-state index >= 15 is 0 Å². The van der Waals surface area contributed by atoms with Crippen molar-refractivity contribution >= 4 is 28.7 Å². The molecule has 1 aromatic heterocycles. The molecule has 1 fully saturated rings. The van der Waals surface area contributed by atoms with E-state index < -0.39 is 10.9 Å². The Morgan fingerprint density at radius 2 is 2.38 bits per heavy atom. The standard InChI is InChI=1S/C17H16N4O4S/c1-2-25-17(22)12-10-26-16(19-12)14-4-3-7-20(14)13-6-5-11(9-18)8-15(13)21(23)24/h5-6,8,10,14H,2-4,7H2,1H3. The minimum Gasteiger partial charge on any atom is -0.461 e. The number of carbonyl (C=O) groups is 1. The van der Waals surface area contributed by atoms with E-state index in [2.05, 4.69) is 4.98 Å². The van der Waals surface area contributed by atoms with Crippen molar-refractivity contribution in [2.75, 3.05) is 18.1 Å². The molecule has 0 radical (unpaired) electrons. The summed E-state index contributed by atoms with van der Waals surface area (Å²) in [4.78, 5) is 29.1. The zero-order valence-corrected chi connectivity index (χ0v) is 14.9. The number of thiazole rings is 1.